The third-order valence-electron chi connectivity index (χ3n) is 5.54. The van der Waals surface area contributed by atoms with Crippen LogP contribution < -0.4 is 10.5 Å². The minimum absolute atomic E-state index is 0.283. The van der Waals surface area contributed by atoms with E-state index in [-0.39, 0.29) is 12.6 Å². The van der Waals surface area contributed by atoms with Gasteiger partial charge in [0.25, 0.3) is 0 Å². The van der Waals surface area contributed by atoms with Crippen LogP contribution in [0.5, 0.6) is 5.75 Å². The number of carbonyl (C=O) groups is 1. The van der Waals surface area contributed by atoms with E-state index in [9.17, 15) is 4.79 Å². The lowest BCUT2D eigenvalue weighted by Gasteiger charge is -2.29. The van der Waals surface area contributed by atoms with Crippen molar-refractivity contribution in [3.8, 4) is 5.75 Å². The van der Waals surface area contributed by atoms with Gasteiger partial charge in [-0.2, -0.15) is 0 Å². The molecule has 152 valence electrons. The SMILES string of the molecule is CCOC(=O)C1=C(c2ccccc2)c2ccc(OC)cc2C1(N)Cc1ccccc1. The van der Waals surface area contributed by atoms with Crippen LogP contribution in [0.4, 0.5) is 0 Å². The summed E-state index contributed by atoms with van der Waals surface area (Å²) < 4.78 is 11.0. The fraction of sp³-hybridized carbons (Fsp3) is 0.192. The summed E-state index contributed by atoms with van der Waals surface area (Å²) in [6, 6.07) is 25.7. The second kappa shape index (κ2) is 8.17. The van der Waals surface area contributed by atoms with Gasteiger partial charge in [0.05, 0.1) is 24.8 Å². The summed E-state index contributed by atoms with van der Waals surface area (Å²) in [5.41, 5.74) is 11.2. The highest BCUT2D eigenvalue weighted by atomic mass is 16.5. The van der Waals surface area contributed by atoms with Crippen LogP contribution in [0.15, 0.2) is 84.4 Å². The molecule has 3 aromatic carbocycles. The van der Waals surface area contributed by atoms with Gasteiger partial charge in [-0.05, 0) is 47.7 Å². The van der Waals surface area contributed by atoms with E-state index in [1.54, 1.807) is 14.0 Å². The van der Waals surface area contributed by atoms with Crippen molar-refractivity contribution in [3.05, 3.63) is 107 Å². The third-order valence-corrected chi connectivity index (χ3v) is 5.54. The first-order valence-electron chi connectivity index (χ1n) is 10.1. The molecule has 2 N–H and O–H groups in total. The minimum Gasteiger partial charge on any atom is -0.497 e. The highest BCUT2D eigenvalue weighted by molar-refractivity contribution is 6.08. The number of methoxy groups -OCH3 is 1. The largest absolute Gasteiger partial charge is 0.497 e. The van der Waals surface area contributed by atoms with Gasteiger partial charge in [0, 0.05) is 5.57 Å². The maximum Gasteiger partial charge on any atom is 0.336 e. The summed E-state index contributed by atoms with van der Waals surface area (Å²) in [4.78, 5) is 13.3. The lowest BCUT2D eigenvalue weighted by molar-refractivity contribution is -0.139. The lowest BCUT2D eigenvalue weighted by Crippen LogP contribution is -2.42. The van der Waals surface area contributed by atoms with Gasteiger partial charge < -0.3 is 15.2 Å². The molecule has 0 aliphatic heterocycles. The van der Waals surface area contributed by atoms with Gasteiger partial charge in [0.15, 0.2) is 0 Å². The van der Waals surface area contributed by atoms with Crippen molar-refractivity contribution in [2.45, 2.75) is 18.9 Å². The van der Waals surface area contributed by atoms with Crippen LogP contribution in [-0.2, 0) is 21.5 Å². The fourth-order valence-corrected chi connectivity index (χ4v) is 4.22. The second-order valence-electron chi connectivity index (χ2n) is 7.38. The van der Waals surface area contributed by atoms with E-state index < -0.39 is 5.54 Å². The molecule has 1 aliphatic rings. The summed E-state index contributed by atoms with van der Waals surface area (Å²) in [5.74, 6) is 0.319. The fourth-order valence-electron chi connectivity index (χ4n) is 4.22. The number of fused-ring (bicyclic) bond motifs is 1. The van der Waals surface area contributed by atoms with Crippen LogP contribution in [-0.4, -0.2) is 19.7 Å². The predicted octanol–water partition coefficient (Wildman–Crippen LogP) is 4.47. The van der Waals surface area contributed by atoms with Crippen molar-refractivity contribution in [2.24, 2.45) is 5.73 Å². The van der Waals surface area contributed by atoms with Gasteiger partial charge in [-0.1, -0.05) is 66.7 Å². The molecule has 0 saturated carbocycles. The molecule has 1 atom stereocenters. The zero-order valence-corrected chi connectivity index (χ0v) is 17.2. The molecule has 0 radical (unpaired) electrons. The van der Waals surface area contributed by atoms with Crippen molar-refractivity contribution < 1.29 is 14.3 Å². The Balaban J connectivity index is 2.00. The number of rotatable bonds is 6. The molecule has 4 heteroatoms. The highest BCUT2D eigenvalue weighted by Gasteiger charge is 2.46. The highest BCUT2D eigenvalue weighted by Crippen LogP contribution is 2.49. The maximum atomic E-state index is 13.3. The van der Waals surface area contributed by atoms with Gasteiger partial charge in [-0.3, -0.25) is 0 Å². The number of carbonyl (C=O) groups excluding carboxylic acids is 1. The van der Waals surface area contributed by atoms with Gasteiger partial charge >= 0.3 is 5.97 Å². The Hall–Kier alpha value is -3.37. The summed E-state index contributed by atoms with van der Waals surface area (Å²) in [7, 11) is 1.63. The normalized spacial score (nSPS) is 17.6. The maximum absolute atomic E-state index is 13.3. The van der Waals surface area contributed by atoms with Crippen LogP contribution in [0.1, 0.15) is 29.2 Å². The van der Waals surface area contributed by atoms with Crippen LogP contribution in [0.25, 0.3) is 5.57 Å². The molecule has 4 nitrogen and oxygen atoms in total. The number of hydrogen-bond donors (Lipinski definition) is 1. The van der Waals surface area contributed by atoms with Gasteiger partial charge in [-0.25, -0.2) is 4.79 Å². The Bertz CT molecular complexity index is 1090. The van der Waals surface area contributed by atoms with E-state index in [2.05, 4.69) is 0 Å². The van der Waals surface area contributed by atoms with Crippen LogP contribution in [0.2, 0.25) is 0 Å². The van der Waals surface area contributed by atoms with Crippen molar-refractivity contribution in [1.82, 2.24) is 0 Å². The van der Waals surface area contributed by atoms with E-state index in [1.165, 1.54) is 0 Å². The van der Waals surface area contributed by atoms with E-state index in [4.69, 9.17) is 15.2 Å². The minimum atomic E-state index is -1.04. The lowest BCUT2D eigenvalue weighted by atomic mass is 9.81. The van der Waals surface area contributed by atoms with Gasteiger partial charge in [0.1, 0.15) is 5.75 Å². The summed E-state index contributed by atoms with van der Waals surface area (Å²) in [6.45, 7) is 2.09. The Morgan fingerprint density at radius 1 is 0.967 bits per heavy atom. The Morgan fingerprint density at radius 2 is 1.63 bits per heavy atom. The third kappa shape index (κ3) is 3.40. The van der Waals surface area contributed by atoms with Crippen LogP contribution >= 0.6 is 0 Å². The predicted molar refractivity (Wildman–Crippen MR) is 118 cm³/mol. The molecule has 4 rings (SSSR count). The van der Waals surface area contributed by atoms with Crippen molar-refractivity contribution >= 4 is 11.5 Å². The zero-order chi connectivity index (χ0) is 21.1. The Morgan fingerprint density at radius 3 is 2.27 bits per heavy atom. The summed E-state index contributed by atoms with van der Waals surface area (Å²) in [5, 5.41) is 0. The van der Waals surface area contributed by atoms with Crippen molar-refractivity contribution in [3.63, 3.8) is 0 Å². The first-order valence-corrected chi connectivity index (χ1v) is 10.1. The zero-order valence-electron chi connectivity index (χ0n) is 17.2. The Kier molecular flexibility index (Phi) is 5.42. The van der Waals surface area contributed by atoms with E-state index in [0.717, 1.165) is 27.8 Å². The van der Waals surface area contributed by atoms with Gasteiger partial charge in [0.2, 0.25) is 0 Å². The number of ether oxygens (including phenoxy) is 2. The summed E-state index contributed by atoms with van der Waals surface area (Å²) >= 11 is 0. The molecule has 1 unspecified atom stereocenters. The monoisotopic (exact) mass is 399 g/mol. The standard InChI is InChI=1S/C26H25NO3/c1-3-30-25(28)24-23(19-12-8-5-9-13-19)21-15-14-20(29-2)16-22(21)26(24,27)17-18-10-6-4-7-11-18/h4-16H,3,17,27H2,1-2H3. The van der Waals surface area contributed by atoms with Crippen molar-refractivity contribution in [2.75, 3.05) is 13.7 Å². The summed E-state index contributed by atoms with van der Waals surface area (Å²) in [6.07, 6.45) is 0.471. The molecule has 0 aromatic heterocycles. The quantitative estimate of drug-likeness (QED) is 0.621. The molecular formula is C26H25NO3. The molecule has 0 fully saturated rings. The molecule has 0 heterocycles. The molecule has 0 bridgehead atoms. The molecule has 30 heavy (non-hydrogen) atoms. The molecule has 1 aliphatic carbocycles. The van der Waals surface area contributed by atoms with Gasteiger partial charge in [-0.15, -0.1) is 0 Å². The topological polar surface area (TPSA) is 61.5 Å². The van der Waals surface area contributed by atoms with Crippen molar-refractivity contribution in [1.29, 1.82) is 0 Å². The average Bonchev–Trinajstić information content (AvgIpc) is 3.03. The van der Waals surface area contributed by atoms with Crippen LogP contribution in [0, 0.1) is 0 Å². The molecular weight excluding hydrogens is 374 g/mol. The number of hydrogen-bond acceptors (Lipinski definition) is 4. The number of nitrogens with two attached hydrogens (primary N) is 1. The van der Waals surface area contributed by atoms with E-state index in [1.807, 2.05) is 78.9 Å². The van der Waals surface area contributed by atoms with Crippen LogP contribution in [0.3, 0.4) is 0 Å². The first-order chi connectivity index (χ1) is 14.6. The smallest absolute Gasteiger partial charge is 0.336 e. The number of esters is 1. The molecule has 0 amide bonds. The van der Waals surface area contributed by atoms with E-state index >= 15 is 0 Å². The molecule has 3 aromatic rings. The Labute approximate surface area is 176 Å². The van der Waals surface area contributed by atoms with E-state index in [0.29, 0.717) is 17.7 Å². The second-order valence-corrected chi connectivity index (χ2v) is 7.38. The molecule has 0 spiro atoms. The molecule has 0 saturated heterocycles. The number of benzene rings is 3. The first kappa shape index (κ1) is 19.9. The average molecular weight is 399 g/mol.